The van der Waals surface area contributed by atoms with Crippen molar-refractivity contribution in [1.29, 1.82) is 0 Å². The van der Waals surface area contributed by atoms with Crippen molar-refractivity contribution in [3.63, 3.8) is 0 Å². The molecule has 1 saturated carbocycles. The summed E-state index contributed by atoms with van der Waals surface area (Å²) in [4.78, 5) is 20.8. The summed E-state index contributed by atoms with van der Waals surface area (Å²) in [7, 11) is 0. The summed E-state index contributed by atoms with van der Waals surface area (Å²) >= 11 is 0. The summed E-state index contributed by atoms with van der Waals surface area (Å²) in [6.45, 7) is 1.76. The Balaban J connectivity index is 2.13. The van der Waals surface area contributed by atoms with E-state index in [-0.39, 0.29) is 18.0 Å². The third-order valence-electron chi connectivity index (χ3n) is 1.91. The zero-order valence-corrected chi connectivity index (χ0v) is 6.58. The van der Waals surface area contributed by atoms with Crippen molar-refractivity contribution in [3.8, 4) is 0 Å². The number of rotatable bonds is 3. The van der Waals surface area contributed by atoms with Crippen LogP contribution in [0.2, 0.25) is 0 Å². The topological polar surface area (TPSA) is 43.4 Å². The van der Waals surface area contributed by atoms with Crippen LogP contribution >= 0.6 is 0 Å². The maximum atomic E-state index is 10.7. The van der Waals surface area contributed by atoms with Crippen molar-refractivity contribution in [1.82, 2.24) is 0 Å². The molecule has 0 aliphatic heterocycles. The van der Waals surface area contributed by atoms with Gasteiger partial charge in [-0.3, -0.25) is 4.79 Å². The molecule has 11 heavy (non-hydrogen) atoms. The molecule has 1 fully saturated rings. The lowest BCUT2D eigenvalue weighted by atomic mass is 9.83. The summed E-state index contributed by atoms with van der Waals surface area (Å²) < 4.78 is 4.97. The van der Waals surface area contributed by atoms with Crippen LogP contribution in [-0.2, 0) is 14.3 Å². The van der Waals surface area contributed by atoms with Gasteiger partial charge in [0.15, 0.2) is 0 Å². The van der Waals surface area contributed by atoms with E-state index in [0.29, 0.717) is 6.42 Å². The van der Waals surface area contributed by atoms with E-state index >= 15 is 0 Å². The minimum atomic E-state index is -0.167. The van der Waals surface area contributed by atoms with Gasteiger partial charge in [0.05, 0.1) is 0 Å². The third kappa shape index (κ3) is 2.03. The second-order valence-corrected chi connectivity index (χ2v) is 2.83. The lowest BCUT2D eigenvalue weighted by Gasteiger charge is -2.30. The zero-order chi connectivity index (χ0) is 8.27. The van der Waals surface area contributed by atoms with Gasteiger partial charge in [-0.05, 0) is 12.8 Å². The molecule has 0 heterocycles. The molecule has 62 valence electrons. The van der Waals surface area contributed by atoms with Crippen LogP contribution in [0, 0.1) is 5.92 Å². The summed E-state index contributed by atoms with van der Waals surface area (Å²) in [5.74, 6) is -0.0380. The lowest BCUT2D eigenvalue weighted by molar-refractivity contribution is -0.156. The molecule has 0 saturated heterocycles. The average molecular weight is 156 g/mol. The summed E-state index contributed by atoms with van der Waals surface area (Å²) in [6.07, 6.45) is 2.79. The Morgan fingerprint density at radius 1 is 1.64 bits per heavy atom. The Morgan fingerprint density at radius 3 is 2.73 bits per heavy atom. The molecule has 0 spiro atoms. The number of ether oxygens (including phenoxy) is 1. The monoisotopic (exact) mass is 156 g/mol. The molecule has 0 aromatic rings. The molecule has 1 aliphatic carbocycles. The van der Waals surface area contributed by atoms with Crippen LogP contribution in [0.4, 0.5) is 0 Å². The first kappa shape index (κ1) is 8.24. The highest BCUT2D eigenvalue weighted by Gasteiger charge is 2.31. The highest BCUT2D eigenvalue weighted by molar-refractivity contribution is 5.69. The van der Waals surface area contributed by atoms with Crippen LogP contribution in [0.25, 0.3) is 0 Å². The molecule has 1 aliphatic rings. The van der Waals surface area contributed by atoms with E-state index in [1.54, 1.807) is 6.92 Å². The van der Waals surface area contributed by atoms with Gasteiger partial charge in [-0.25, -0.2) is 0 Å². The molecule has 3 nitrogen and oxygen atoms in total. The van der Waals surface area contributed by atoms with Crippen molar-refractivity contribution in [2.75, 3.05) is 0 Å². The molecule has 0 bridgehead atoms. The second kappa shape index (κ2) is 3.51. The predicted octanol–water partition coefficient (Wildman–Crippen LogP) is 0.917. The molecule has 0 unspecified atom stereocenters. The molecular formula is C8H12O3. The Morgan fingerprint density at radius 2 is 2.27 bits per heavy atom. The van der Waals surface area contributed by atoms with Crippen molar-refractivity contribution < 1.29 is 14.3 Å². The molecular weight excluding hydrogens is 144 g/mol. The maximum Gasteiger partial charge on any atom is 0.305 e. The van der Waals surface area contributed by atoms with E-state index in [9.17, 15) is 9.59 Å². The second-order valence-electron chi connectivity index (χ2n) is 2.83. The van der Waals surface area contributed by atoms with E-state index in [1.807, 2.05) is 0 Å². The summed E-state index contributed by atoms with van der Waals surface area (Å²) in [6, 6.07) is 0. The van der Waals surface area contributed by atoms with Crippen LogP contribution in [-0.4, -0.2) is 18.4 Å². The van der Waals surface area contributed by atoms with Gasteiger partial charge in [0.1, 0.15) is 12.4 Å². The minimum absolute atomic E-state index is 0.0117. The molecule has 0 atom stereocenters. The first-order chi connectivity index (χ1) is 5.26. The van der Waals surface area contributed by atoms with E-state index in [0.717, 1.165) is 19.1 Å². The van der Waals surface area contributed by atoms with E-state index < -0.39 is 0 Å². The Bertz CT molecular complexity index is 159. The third-order valence-corrected chi connectivity index (χ3v) is 1.91. The zero-order valence-electron chi connectivity index (χ0n) is 6.58. The minimum Gasteiger partial charge on any atom is -0.462 e. The Labute approximate surface area is 65.7 Å². The van der Waals surface area contributed by atoms with Crippen molar-refractivity contribution in [2.24, 2.45) is 5.92 Å². The van der Waals surface area contributed by atoms with Gasteiger partial charge in [0, 0.05) is 12.3 Å². The molecule has 0 aromatic heterocycles. The van der Waals surface area contributed by atoms with Crippen LogP contribution in [0.15, 0.2) is 0 Å². The van der Waals surface area contributed by atoms with Gasteiger partial charge in [-0.2, -0.15) is 0 Å². The fourth-order valence-electron chi connectivity index (χ4n) is 1.08. The van der Waals surface area contributed by atoms with Crippen LogP contribution in [0.5, 0.6) is 0 Å². The first-order valence-corrected chi connectivity index (χ1v) is 3.91. The molecule has 0 radical (unpaired) electrons. The van der Waals surface area contributed by atoms with Crippen molar-refractivity contribution in [3.05, 3.63) is 0 Å². The largest absolute Gasteiger partial charge is 0.462 e. The highest BCUT2D eigenvalue weighted by Crippen LogP contribution is 2.28. The number of hydrogen-bond acceptors (Lipinski definition) is 3. The molecule has 0 N–H and O–H groups in total. The van der Waals surface area contributed by atoms with Crippen molar-refractivity contribution in [2.45, 2.75) is 32.3 Å². The van der Waals surface area contributed by atoms with Gasteiger partial charge in [0.25, 0.3) is 0 Å². The van der Waals surface area contributed by atoms with Crippen LogP contribution in [0.3, 0.4) is 0 Å². The molecule has 1 rings (SSSR count). The lowest BCUT2D eigenvalue weighted by Crippen LogP contribution is -2.33. The smallest absolute Gasteiger partial charge is 0.305 e. The van der Waals surface area contributed by atoms with Crippen LogP contribution < -0.4 is 0 Å². The fourth-order valence-corrected chi connectivity index (χ4v) is 1.08. The molecule has 0 amide bonds. The molecule has 0 aromatic carbocycles. The standard InChI is InChI=1S/C8H12O3/c1-2-8(10)11-7-3-6(4-7)5-9/h5-7H,2-4H2,1H3. The molecule has 3 heteroatoms. The van der Waals surface area contributed by atoms with Gasteiger partial charge >= 0.3 is 5.97 Å². The van der Waals surface area contributed by atoms with E-state index in [2.05, 4.69) is 0 Å². The number of hydrogen-bond donors (Lipinski definition) is 0. The van der Waals surface area contributed by atoms with Gasteiger partial charge < -0.3 is 9.53 Å². The average Bonchev–Trinajstić information content (AvgIpc) is 1.95. The SMILES string of the molecule is CCC(=O)OC1CC(C=O)C1. The number of carbonyl (C=O) groups excluding carboxylic acids is 2. The normalized spacial score (nSPS) is 28.8. The summed E-state index contributed by atoms with van der Waals surface area (Å²) in [5.41, 5.74) is 0. The number of carbonyl (C=O) groups is 2. The highest BCUT2D eigenvalue weighted by atomic mass is 16.5. The van der Waals surface area contributed by atoms with E-state index in [4.69, 9.17) is 4.74 Å². The Hall–Kier alpha value is -0.860. The van der Waals surface area contributed by atoms with Gasteiger partial charge in [-0.1, -0.05) is 6.92 Å². The fraction of sp³-hybridized carbons (Fsp3) is 0.750. The predicted molar refractivity (Wildman–Crippen MR) is 39.0 cm³/mol. The maximum absolute atomic E-state index is 10.7. The first-order valence-electron chi connectivity index (χ1n) is 3.91. The van der Waals surface area contributed by atoms with Gasteiger partial charge in [0.2, 0.25) is 0 Å². The van der Waals surface area contributed by atoms with E-state index in [1.165, 1.54) is 0 Å². The number of aldehydes is 1. The Kier molecular flexibility index (Phi) is 2.63. The van der Waals surface area contributed by atoms with Crippen LogP contribution in [0.1, 0.15) is 26.2 Å². The van der Waals surface area contributed by atoms with Crippen molar-refractivity contribution >= 4 is 12.3 Å². The quantitative estimate of drug-likeness (QED) is 0.450. The summed E-state index contributed by atoms with van der Waals surface area (Å²) in [5, 5.41) is 0. The van der Waals surface area contributed by atoms with Gasteiger partial charge in [-0.15, -0.1) is 0 Å². The number of esters is 1.